The lowest BCUT2D eigenvalue weighted by molar-refractivity contribution is -0.121. The zero-order valence-corrected chi connectivity index (χ0v) is 13.7. The van der Waals surface area contributed by atoms with Crippen LogP contribution in [0.3, 0.4) is 0 Å². The van der Waals surface area contributed by atoms with Crippen LogP contribution in [0.15, 0.2) is 24.3 Å². The second kappa shape index (κ2) is 8.67. The van der Waals surface area contributed by atoms with Gasteiger partial charge in [0.1, 0.15) is 0 Å². The van der Waals surface area contributed by atoms with E-state index < -0.39 is 0 Å². The minimum absolute atomic E-state index is 0.00176. The summed E-state index contributed by atoms with van der Waals surface area (Å²) in [6.07, 6.45) is 3.51. The SMILES string of the molecule is CCCCCN(C(C)C)C(C)C(=O)Nc1ccccc1N. The highest BCUT2D eigenvalue weighted by Gasteiger charge is 2.23. The number of hydrogen-bond acceptors (Lipinski definition) is 3. The van der Waals surface area contributed by atoms with Crippen LogP contribution < -0.4 is 11.1 Å². The first-order valence-electron chi connectivity index (χ1n) is 7.88. The molecule has 0 aromatic heterocycles. The van der Waals surface area contributed by atoms with Crippen molar-refractivity contribution >= 4 is 17.3 Å². The molecule has 118 valence electrons. The van der Waals surface area contributed by atoms with Gasteiger partial charge in [-0.25, -0.2) is 0 Å². The van der Waals surface area contributed by atoms with Gasteiger partial charge in [-0.1, -0.05) is 31.9 Å². The standard InChI is InChI=1S/C17H29N3O/c1-5-6-9-12-20(13(2)3)14(4)17(21)19-16-11-8-7-10-15(16)18/h7-8,10-11,13-14H,5-6,9,12,18H2,1-4H3,(H,19,21). The van der Waals surface area contributed by atoms with Crippen LogP contribution >= 0.6 is 0 Å². The number of unbranched alkanes of at least 4 members (excludes halogenated alkanes) is 2. The average molecular weight is 291 g/mol. The number of para-hydroxylation sites is 2. The quantitative estimate of drug-likeness (QED) is 0.569. The molecule has 0 radical (unpaired) electrons. The third-order valence-corrected chi connectivity index (χ3v) is 3.78. The Morgan fingerprint density at radius 2 is 1.90 bits per heavy atom. The number of nitrogens with zero attached hydrogens (tertiary/aromatic N) is 1. The predicted molar refractivity (Wildman–Crippen MR) is 90.3 cm³/mol. The second-order valence-electron chi connectivity index (χ2n) is 5.79. The number of carbonyl (C=O) groups excluding carboxylic acids is 1. The maximum absolute atomic E-state index is 12.4. The molecule has 0 fully saturated rings. The van der Waals surface area contributed by atoms with E-state index in [2.05, 4.69) is 31.0 Å². The van der Waals surface area contributed by atoms with Crippen molar-refractivity contribution in [3.63, 3.8) is 0 Å². The number of carbonyl (C=O) groups is 1. The fourth-order valence-electron chi connectivity index (χ4n) is 2.44. The fourth-order valence-corrected chi connectivity index (χ4v) is 2.44. The van der Waals surface area contributed by atoms with Crippen LogP contribution in [0.4, 0.5) is 11.4 Å². The summed E-state index contributed by atoms with van der Waals surface area (Å²) in [5.41, 5.74) is 7.16. The number of nitrogens with one attached hydrogen (secondary N) is 1. The Hall–Kier alpha value is -1.55. The number of anilines is 2. The van der Waals surface area contributed by atoms with Crippen molar-refractivity contribution in [3.8, 4) is 0 Å². The van der Waals surface area contributed by atoms with Gasteiger partial charge >= 0.3 is 0 Å². The molecule has 1 amide bonds. The van der Waals surface area contributed by atoms with Gasteiger partial charge in [0.2, 0.25) is 5.91 Å². The molecule has 1 rings (SSSR count). The molecule has 1 unspecified atom stereocenters. The zero-order valence-electron chi connectivity index (χ0n) is 13.7. The summed E-state index contributed by atoms with van der Waals surface area (Å²) in [7, 11) is 0. The molecule has 0 heterocycles. The molecule has 0 spiro atoms. The van der Waals surface area contributed by atoms with Gasteiger partial charge in [0, 0.05) is 6.04 Å². The lowest BCUT2D eigenvalue weighted by atomic mass is 10.1. The van der Waals surface area contributed by atoms with Gasteiger partial charge in [0.25, 0.3) is 0 Å². The van der Waals surface area contributed by atoms with Crippen molar-refractivity contribution in [1.29, 1.82) is 0 Å². The summed E-state index contributed by atoms with van der Waals surface area (Å²) in [5.74, 6) is -0.00176. The summed E-state index contributed by atoms with van der Waals surface area (Å²) >= 11 is 0. The van der Waals surface area contributed by atoms with E-state index >= 15 is 0 Å². The van der Waals surface area contributed by atoms with Crippen molar-refractivity contribution in [1.82, 2.24) is 4.90 Å². The van der Waals surface area contributed by atoms with E-state index in [0.29, 0.717) is 17.4 Å². The number of nitrogen functional groups attached to an aromatic ring is 1. The Morgan fingerprint density at radius 1 is 1.24 bits per heavy atom. The van der Waals surface area contributed by atoms with Gasteiger partial charge in [-0.2, -0.15) is 0 Å². The lowest BCUT2D eigenvalue weighted by Gasteiger charge is -2.32. The number of nitrogens with two attached hydrogens (primary N) is 1. The topological polar surface area (TPSA) is 58.4 Å². The summed E-state index contributed by atoms with van der Waals surface area (Å²) in [6, 6.07) is 7.54. The summed E-state index contributed by atoms with van der Waals surface area (Å²) in [5, 5.41) is 2.93. The van der Waals surface area contributed by atoms with Gasteiger partial charge in [-0.3, -0.25) is 9.69 Å². The molecule has 0 saturated heterocycles. The summed E-state index contributed by atoms with van der Waals surface area (Å²) in [6.45, 7) is 9.36. The highest BCUT2D eigenvalue weighted by atomic mass is 16.2. The molecule has 1 aromatic carbocycles. The molecule has 0 aliphatic rings. The Bertz CT molecular complexity index is 445. The van der Waals surface area contributed by atoms with Gasteiger partial charge in [0.05, 0.1) is 17.4 Å². The minimum atomic E-state index is -0.165. The van der Waals surface area contributed by atoms with Crippen LogP contribution in [0.1, 0.15) is 47.0 Å². The highest BCUT2D eigenvalue weighted by molar-refractivity contribution is 5.97. The van der Waals surface area contributed by atoms with Gasteiger partial charge in [-0.15, -0.1) is 0 Å². The summed E-state index contributed by atoms with van der Waals surface area (Å²) in [4.78, 5) is 14.7. The Balaban J connectivity index is 2.67. The maximum Gasteiger partial charge on any atom is 0.241 e. The van der Waals surface area contributed by atoms with E-state index in [1.165, 1.54) is 12.8 Å². The van der Waals surface area contributed by atoms with E-state index in [-0.39, 0.29) is 11.9 Å². The largest absolute Gasteiger partial charge is 0.397 e. The number of rotatable bonds is 8. The molecule has 1 atom stereocenters. The molecular weight excluding hydrogens is 262 g/mol. The van der Waals surface area contributed by atoms with Crippen molar-refractivity contribution in [2.45, 2.75) is 59.0 Å². The molecule has 0 saturated carbocycles. The molecule has 0 bridgehead atoms. The first kappa shape index (κ1) is 17.5. The van der Waals surface area contributed by atoms with Crippen LogP contribution in [-0.2, 0) is 4.79 Å². The van der Waals surface area contributed by atoms with Crippen LogP contribution in [0.5, 0.6) is 0 Å². The fraction of sp³-hybridized carbons (Fsp3) is 0.588. The second-order valence-corrected chi connectivity index (χ2v) is 5.79. The number of hydrogen-bond donors (Lipinski definition) is 2. The van der Waals surface area contributed by atoms with E-state index in [0.717, 1.165) is 13.0 Å². The average Bonchev–Trinajstić information content (AvgIpc) is 2.45. The van der Waals surface area contributed by atoms with E-state index in [1.54, 1.807) is 6.07 Å². The third kappa shape index (κ3) is 5.38. The van der Waals surface area contributed by atoms with Gasteiger partial charge < -0.3 is 11.1 Å². The van der Waals surface area contributed by atoms with E-state index in [9.17, 15) is 4.79 Å². The van der Waals surface area contributed by atoms with Crippen molar-refractivity contribution < 1.29 is 4.79 Å². The lowest BCUT2D eigenvalue weighted by Crippen LogP contribution is -2.46. The Morgan fingerprint density at radius 3 is 2.48 bits per heavy atom. The first-order chi connectivity index (χ1) is 9.97. The van der Waals surface area contributed by atoms with Crippen molar-refractivity contribution in [2.24, 2.45) is 0 Å². The Kier molecular flexibility index (Phi) is 7.23. The van der Waals surface area contributed by atoms with Gasteiger partial charge in [-0.05, 0) is 45.9 Å². The van der Waals surface area contributed by atoms with Crippen LogP contribution in [-0.4, -0.2) is 29.4 Å². The monoisotopic (exact) mass is 291 g/mol. The molecule has 4 nitrogen and oxygen atoms in total. The predicted octanol–water partition coefficient (Wildman–Crippen LogP) is 3.50. The third-order valence-electron chi connectivity index (χ3n) is 3.78. The Labute approximate surface area is 128 Å². The molecule has 21 heavy (non-hydrogen) atoms. The highest BCUT2D eigenvalue weighted by Crippen LogP contribution is 2.18. The molecule has 0 aliphatic carbocycles. The molecule has 0 aliphatic heterocycles. The van der Waals surface area contributed by atoms with E-state index in [4.69, 9.17) is 5.73 Å². The molecular formula is C17H29N3O. The van der Waals surface area contributed by atoms with Crippen LogP contribution in [0.2, 0.25) is 0 Å². The zero-order chi connectivity index (χ0) is 15.8. The van der Waals surface area contributed by atoms with Crippen LogP contribution in [0, 0.1) is 0 Å². The minimum Gasteiger partial charge on any atom is -0.397 e. The normalized spacial score (nSPS) is 12.7. The van der Waals surface area contributed by atoms with Crippen LogP contribution in [0.25, 0.3) is 0 Å². The first-order valence-corrected chi connectivity index (χ1v) is 7.88. The molecule has 3 N–H and O–H groups in total. The number of benzene rings is 1. The maximum atomic E-state index is 12.4. The van der Waals surface area contributed by atoms with Crippen molar-refractivity contribution in [3.05, 3.63) is 24.3 Å². The van der Waals surface area contributed by atoms with Crippen molar-refractivity contribution in [2.75, 3.05) is 17.6 Å². The number of amides is 1. The summed E-state index contributed by atoms with van der Waals surface area (Å²) < 4.78 is 0. The molecule has 1 aromatic rings. The smallest absolute Gasteiger partial charge is 0.241 e. The van der Waals surface area contributed by atoms with Gasteiger partial charge in [0.15, 0.2) is 0 Å². The molecule has 4 heteroatoms. The van der Waals surface area contributed by atoms with E-state index in [1.807, 2.05) is 25.1 Å².